The van der Waals surface area contributed by atoms with Crippen LogP contribution in [0, 0.1) is 0 Å². The van der Waals surface area contributed by atoms with Crippen molar-refractivity contribution in [3.05, 3.63) is 23.9 Å². The van der Waals surface area contributed by atoms with Gasteiger partial charge in [0.15, 0.2) is 0 Å². The van der Waals surface area contributed by atoms with Crippen molar-refractivity contribution in [1.82, 2.24) is 5.32 Å². The van der Waals surface area contributed by atoms with Gasteiger partial charge in [-0.15, -0.1) is 12.6 Å². The van der Waals surface area contributed by atoms with Crippen LogP contribution in [0.2, 0.25) is 0 Å². The minimum atomic E-state index is -0.366. The molecule has 0 radical (unpaired) electrons. The van der Waals surface area contributed by atoms with Crippen molar-refractivity contribution in [2.75, 3.05) is 7.05 Å². The fourth-order valence-corrected chi connectivity index (χ4v) is 0.912. The van der Waals surface area contributed by atoms with Crippen molar-refractivity contribution in [2.24, 2.45) is 4.99 Å². The number of hydrogen-bond acceptors (Lipinski definition) is 3. The molecule has 0 saturated carbocycles. The molecule has 0 aromatic carbocycles. The zero-order valence-electron chi connectivity index (χ0n) is 6.70. The van der Waals surface area contributed by atoms with E-state index in [9.17, 15) is 0 Å². The monoisotopic (exact) mass is 168 g/mol. The largest absolute Gasteiger partial charge is 0.387 e. The molecule has 0 fully saturated rings. The van der Waals surface area contributed by atoms with Gasteiger partial charge in [0.25, 0.3) is 0 Å². The highest BCUT2D eigenvalue weighted by molar-refractivity contribution is 7.82. The smallest absolute Gasteiger partial charge is 0.119 e. The maximum Gasteiger partial charge on any atom is 0.119 e. The Balaban J connectivity index is 2.83. The summed E-state index contributed by atoms with van der Waals surface area (Å²) in [6, 6.07) is 0. The molecular formula is C8H12N2S. The molecule has 1 N–H and O–H groups in total. The lowest BCUT2D eigenvalue weighted by molar-refractivity contribution is 0.863. The lowest BCUT2D eigenvalue weighted by Crippen LogP contribution is -2.10. The van der Waals surface area contributed by atoms with Crippen LogP contribution in [0.4, 0.5) is 0 Å². The molecule has 0 aromatic heterocycles. The van der Waals surface area contributed by atoms with Crippen LogP contribution in [0.1, 0.15) is 6.92 Å². The Hall–Kier alpha value is -0.700. The molecule has 1 rings (SSSR count). The molecule has 0 spiro atoms. The Morgan fingerprint density at radius 2 is 2.36 bits per heavy atom. The molecule has 2 nitrogen and oxygen atoms in total. The first-order valence-electron chi connectivity index (χ1n) is 3.49. The fourth-order valence-electron chi connectivity index (χ4n) is 0.768. The highest BCUT2D eigenvalue weighted by atomic mass is 32.1. The minimum absolute atomic E-state index is 0.366. The Morgan fingerprint density at radius 3 is 3.00 bits per heavy atom. The maximum absolute atomic E-state index is 4.32. The van der Waals surface area contributed by atoms with E-state index in [4.69, 9.17) is 0 Å². The van der Waals surface area contributed by atoms with E-state index in [1.165, 1.54) is 0 Å². The quantitative estimate of drug-likeness (QED) is 0.568. The molecule has 1 unspecified atom stereocenters. The number of thiol groups is 1. The van der Waals surface area contributed by atoms with Gasteiger partial charge < -0.3 is 5.32 Å². The Kier molecular flexibility index (Phi) is 2.39. The third kappa shape index (κ3) is 2.42. The van der Waals surface area contributed by atoms with E-state index >= 15 is 0 Å². The molecule has 1 atom stereocenters. The summed E-state index contributed by atoms with van der Waals surface area (Å²) in [5, 5.41) is 3.01. The lowest BCUT2D eigenvalue weighted by Gasteiger charge is -2.10. The zero-order valence-corrected chi connectivity index (χ0v) is 7.60. The molecule has 1 heterocycles. The van der Waals surface area contributed by atoms with Gasteiger partial charge in [-0.05, 0) is 19.1 Å². The summed E-state index contributed by atoms with van der Waals surface area (Å²) in [5.74, 6) is 0. The Morgan fingerprint density at radius 1 is 1.64 bits per heavy atom. The van der Waals surface area contributed by atoms with E-state index in [1.54, 1.807) is 6.21 Å². The third-order valence-corrected chi connectivity index (χ3v) is 1.71. The first-order valence-corrected chi connectivity index (χ1v) is 3.94. The van der Waals surface area contributed by atoms with E-state index in [0.717, 1.165) is 5.70 Å². The Labute approximate surface area is 72.5 Å². The second-order valence-corrected chi connectivity index (χ2v) is 3.49. The summed E-state index contributed by atoms with van der Waals surface area (Å²) < 4.78 is 0. The van der Waals surface area contributed by atoms with Gasteiger partial charge in [0.05, 0.1) is 5.70 Å². The van der Waals surface area contributed by atoms with Gasteiger partial charge in [-0.2, -0.15) is 0 Å². The first-order chi connectivity index (χ1) is 5.14. The fraction of sp³-hybridized carbons (Fsp3) is 0.375. The second kappa shape index (κ2) is 3.13. The van der Waals surface area contributed by atoms with Gasteiger partial charge in [0.2, 0.25) is 0 Å². The highest BCUT2D eigenvalue weighted by Crippen LogP contribution is 2.18. The summed E-state index contributed by atoms with van der Waals surface area (Å²) in [6.07, 6.45) is 7.64. The van der Waals surface area contributed by atoms with Gasteiger partial charge in [0.1, 0.15) is 4.87 Å². The number of hydrogen-bond donors (Lipinski definition) is 2. The normalized spacial score (nSPS) is 29.5. The summed E-state index contributed by atoms with van der Waals surface area (Å²) >= 11 is 4.32. The SMILES string of the molecule is CNC1=CC=CC(C)(S)N=C1. The van der Waals surface area contributed by atoms with Crippen molar-refractivity contribution in [1.29, 1.82) is 0 Å². The molecule has 11 heavy (non-hydrogen) atoms. The van der Waals surface area contributed by atoms with Crippen molar-refractivity contribution < 1.29 is 0 Å². The summed E-state index contributed by atoms with van der Waals surface area (Å²) in [7, 11) is 1.87. The van der Waals surface area contributed by atoms with Crippen molar-refractivity contribution in [3.63, 3.8) is 0 Å². The predicted octanol–water partition coefficient (Wildman–Crippen LogP) is 1.38. The average Bonchev–Trinajstić information content (AvgIpc) is 2.10. The van der Waals surface area contributed by atoms with Crippen molar-refractivity contribution in [2.45, 2.75) is 11.8 Å². The van der Waals surface area contributed by atoms with Crippen LogP contribution < -0.4 is 5.32 Å². The molecule has 0 amide bonds. The summed E-state index contributed by atoms with van der Waals surface area (Å²) in [4.78, 5) is 3.86. The van der Waals surface area contributed by atoms with Crippen molar-refractivity contribution in [3.8, 4) is 0 Å². The minimum Gasteiger partial charge on any atom is -0.387 e. The van der Waals surface area contributed by atoms with Gasteiger partial charge in [-0.3, -0.25) is 4.99 Å². The summed E-state index contributed by atoms with van der Waals surface area (Å²) in [6.45, 7) is 1.94. The van der Waals surface area contributed by atoms with Crippen LogP contribution in [-0.2, 0) is 0 Å². The van der Waals surface area contributed by atoms with Crippen molar-refractivity contribution >= 4 is 18.8 Å². The zero-order chi connectivity index (χ0) is 8.32. The van der Waals surface area contributed by atoms with Gasteiger partial charge >= 0.3 is 0 Å². The van der Waals surface area contributed by atoms with Gasteiger partial charge in [-0.1, -0.05) is 6.08 Å². The van der Waals surface area contributed by atoms with E-state index in [0.29, 0.717) is 0 Å². The van der Waals surface area contributed by atoms with Crippen LogP contribution >= 0.6 is 12.6 Å². The van der Waals surface area contributed by atoms with Gasteiger partial charge in [0, 0.05) is 13.3 Å². The number of aliphatic imine (C=N–C) groups is 1. The number of nitrogens with one attached hydrogen (secondary N) is 1. The molecule has 1 aliphatic heterocycles. The molecule has 0 bridgehead atoms. The average molecular weight is 168 g/mol. The molecular weight excluding hydrogens is 156 g/mol. The first kappa shape index (κ1) is 8.40. The van der Waals surface area contributed by atoms with E-state index in [-0.39, 0.29) is 4.87 Å². The van der Waals surface area contributed by atoms with Gasteiger partial charge in [-0.25, -0.2) is 0 Å². The number of allylic oxidation sites excluding steroid dienone is 3. The van der Waals surface area contributed by atoms with Crippen LogP contribution in [0.3, 0.4) is 0 Å². The molecule has 1 aliphatic rings. The predicted molar refractivity (Wildman–Crippen MR) is 52.2 cm³/mol. The number of rotatable bonds is 1. The molecule has 0 aliphatic carbocycles. The van der Waals surface area contributed by atoms with E-state index < -0.39 is 0 Å². The second-order valence-electron chi connectivity index (χ2n) is 2.58. The topological polar surface area (TPSA) is 24.4 Å². The van der Waals surface area contributed by atoms with Crippen LogP contribution in [0.25, 0.3) is 0 Å². The van der Waals surface area contributed by atoms with E-state index in [1.807, 2.05) is 32.2 Å². The van der Waals surface area contributed by atoms with Crippen LogP contribution in [0.15, 0.2) is 28.9 Å². The highest BCUT2D eigenvalue weighted by Gasteiger charge is 2.12. The number of nitrogens with zero attached hydrogens (tertiary/aromatic N) is 1. The Bertz CT molecular complexity index is 226. The lowest BCUT2D eigenvalue weighted by atomic mass is 10.3. The standard InChI is InChI=1S/C8H12N2S/c1-8(11)5-3-4-7(9-2)6-10-8/h3-6,9,11H,1-2H3. The molecule has 60 valence electrons. The third-order valence-electron chi connectivity index (χ3n) is 1.44. The van der Waals surface area contributed by atoms with Crippen LogP contribution in [-0.4, -0.2) is 18.1 Å². The molecule has 0 aromatic rings. The summed E-state index contributed by atoms with van der Waals surface area (Å²) in [5.41, 5.74) is 0.999. The van der Waals surface area contributed by atoms with E-state index in [2.05, 4.69) is 22.9 Å². The molecule has 0 saturated heterocycles. The molecule has 3 heteroatoms. The maximum atomic E-state index is 4.32. The van der Waals surface area contributed by atoms with Crippen LogP contribution in [0.5, 0.6) is 0 Å².